The Bertz CT molecular complexity index is 3240. The maximum Gasteiger partial charge on any atom is 0.164 e. The van der Waals surface area contributed by atoms with Crippen molar-refractivity contribution in [1.29, 1.82) is 0 Å². The summed E-state index contributed by atoms with van der Waals surface area (Å²) in [5.41, 5.74) is 14.9. The largest absolute Gasteiger partial charge is 0.256 e. The van der Waals surface area contributed by atoms with Gasteiger partial charge in [0.1, 0.15) is 0 Å². The number of nitrogens with zero attached hydrogens (tertiary/aromatic N) is 4. The van der Waals surface area contributed by atoms with Crippen LogP contribution in [-0.2, 0) is 10.8 Å². The average Bonchev–Trinajstić information content (AvgIpc) is 3.33. The molecule has 304 valence electrons. The van der Waals surface area contributed by atoms with Gasteiger partial charge in [-0.15, -0.1) is 0 Å². The van der Waals surface area contributed by atoms with Crippen molar-refractivity contribution in [2.75, 3.05) is 0 Å². The van der Waals surface area contributed by atoms with Crippen molar-refractivity contribution in [1.82, 2.24) is 19.9 Å². The van der Waals surface area contributed by atoms with Crippen molar-refractivity contribution in [3.05, 3.63) is 192 Å². The van der Waals surface area contributed by atoms with Gasteiger partial charge in [-0.25, -0.2) is 15.0 Å². The van der Waals surface area contributed by atoms with Gasteiger partial charge in [0.2, 0.25) is 0 Å². The van der Waals surface area contributed by atoms with Crippen LogP contribution in [0.4, 0.5) is 0 Å². The van der Waals surface area contributed by atoms with Gasteiger partial charge in [0.05, 0.1) is 5.52 Å². The molecule has 7 aromatic carbocycles. The second-order valence-corrected chi connectivity index (χ2v) is 19.4. The molecule has 4 heteroatoms. The van der Waals surface area contributed by atoms with E-state index in [4.69, 9.17) is 19.9 Å². The minimum absolute atomic E-state index is 0.0692. The van der Waals surface area contributed by atoms with Crippen LogP contribution in [0.5, 0.6) is 0 Å². The Morgan fingerprint density at radius 2 is 0.984 bits per heavy atom. The normalized spacial score (nSPS) is 22.6. The number of para-hydroxylation sites is 1. The highest BCUT2D eigenvalue weighted by molar-refractivity contribution is 6.04. The van der Waals surface area contributed by atoms with Crippen molar-refractivity contribution >= 4 is 21.7 Å². The van der Waals surface area contributed by atoms with Crippen molar-refractivity contribution in [3.63, 3.8) is 0 Å². The van der Waals surface area contributed by atoms with Gasteiger partial charge in [0, 0.05) is 44.7 Å². The van der Waals surface area contributed by atoms with E-state index in [9.17, 15) is 0 Å². The van der Waals surface area contributed by atoms with E-state index in [0.717, 1.165) is 55.9 Å². The van der Waals surface area contributed by atoms with Gasteiger partial charge in [-0.1, -0.05) is 159 Å². The molecule has 4 bridgehead atoms. The van der Waals surface area contributed by atoms with Crippen LogP contribution in [-0.4, -0.2) is 19.9 Å². The van der Waals surface area contributed by atoms with E-state index >= 15 is 0 Å². The molecule has 5 aliphatic carbocycles. The van der Waals surface area contributed by atoms with Gasteiger partial charge in [0.15, 0.2) is 17.5 Å². The number of hydrogen-bond donors (Lipinski definition) is 0. The minimum atomic E-state index is -0.0728. The zero-order valence-corrected chi connectivity index (χ0v) is 35.8. The van der Waals surface area contributed by atoms with Crippen LogP contribution in [0.25, 0.3) is 78.1 Å². The lowest BCUT2D eigenvalue weighted by Gasteiger charge is -2.64. The van der Waals surface area contributed by atoms with Gasteiger partial charge < -0.3 is 0 Å². The van der Waals surface area contributed by atoms with E-state index in [1.807, 2.05) is 30.5 Å². The highest BCUT2D eigenvalue weighted by Crippen LogP contribution is 2.68. The first-order valence-electron chi connectivity index (χ1n) is 23.0. The number of aromatic nitrogens is 4. The van der Waals surface area contributed by atoms with Crippen LogP contribution in [0.15, 0.2) is 170 Å². The standard InChI is InChI=1S/C59H48N4/c1-58(2)50-19-8-9-20-52(50)59(43-31-36-30-37(33-43)34-44(59)32-36)53-35-42(25-28-51(53)58)45-26-27-49(48-17-7-6-16-47(45)48)57-62-55(40-12-4-3-5-13-40)61-56(63-57)41-23-21-38(22-24-41)46-18-10-14-39-15-11-29-60-54(39)46/h3-29,35-37,43-44H,30-34H2,1-2H3. The Morgan fingerprint density at radius 3 is 1.73 bits per heavy atom. The maximum atomic E-state index is 5.26. The van der Waals surface area contributed by atoms with Gasteiger partial charge in [-0.3, -0.25) is 4.98 Å². The van der Waals surface area contributed by atoms with Crippen molar-refractivity contribution in [3.8, 4) is 56.4 Å². The number of hydrogen-bond acceptors (Lipinski definition) is 4. The molecule has 0 saturated heterocycles. The molecule has 4 saturated carbocycles. The van der Waals surface area contributed by atoms with Crippen LogP contribution in [0.1, 0.15) is 68.2 Å². The van der Waals surface area contributed by atoms with E-state index in [1.165, 1.54) is 59.7 Å². The lowest BCUT2D eigenvalue weighted by molar-refractivity contribution is -0.0443. The summed E-state index contributed by atoms with van der Waals surface area (Å²) >= 11 is 0. The topological polar surface area (TPSA) is 51.6 Å². The van der Waals surface area contributed by atoms with Gasteiger partial charge >= 0.3 is 0 Å². The van der Waals surface area contributed by atoms with Crippen LogP contribution >= 0.6 is 0 Å². The third-order valence-corrected chi connectivity index (χ3v) is 15.8. The molecule has 5 aliphatic rings. The Balaban J connectivity index is 0.950. The van der Waals surface area contributed by atoms with Gasteiger partial charge in [-0.2, -0.15) is 0 Å². The molecule has 0 amide bonds. The highest BCUT2D eigenvalue weighted by atomic mass is 15.0. The second kappa shape index (κ2) is 13.9. The van der Waals surface area contributed by atoms with Crippen molar-refractivity contribution in [2.45, 2.75) is 56.8 Å². The quantitative estimate of drug-likeness (QED) is 0.174. The predicted molar refractivity (Wildman–Crippen MR) is 256 cm³/mol. The molecule has 2 heterocycles. The van der Waals surface area contributed by atoms with E-state index < -0.39 is 0 Å². The summed E-state index contributed by atoms with van der Waals surface area (Å²) < 4.78 is 0. The third kappa shape index (κ3) is 5.53. The molecule has 0 atom stereocenters. The maximum absolute atomic E-state index is 5.26. The fourth-order valence-corrected chi connectivity index (χ4v) is 13.3. The average molecular weight is 813 g/mol. The summed E-state index contributed by atoms with van der Waals surface area (Å²) in [6, 6.07) is 59.8. The lowest BCUT2D eigenvalue weighted by atomic mass is 9.39. The fourth-order valence-electron chi connectivity index (χ4n) is 13.3. The Hall–Kier alpha value is -6.78. The first-order chi connectivity index (χ1) is 30.9. The van der Waals surface area contributed by atoms with E-state index in [2.05, 4.69) is 153 Å². The Kier molecular flexibility index (Phi) is 8.10. The van der Waals surface area contributed by atoms with Crippen LogP contribution in [0.2, 0.25) is 0 Å². The first-order valence-corrected chi connectivity index (χ1v) is 23.0. The van der Waals surface area contributed by atoms with Crippen LogP contribution in [0, 0.1) is 23.7 Å². The van der Waals surface area contributed by atoms with Crippen molar-refractivity contribution in [2.24, 2.45) is 23.7 Å². The zero-order chi connectivity index (χ0) is 41.9. The lowest BCUT2D eigenvalue weighted by Crippen LogP contribution is -2.58. The summed E-state index contributed by atoms with van der Waals surface area (Å²) in [4.78, 5) is 20.3. The summed E-state index contributed by atoms with van der Waals surface area (Å²) in [6.45, 7) is 4.92. The summed E-state index contributed by atoms with van der Waals surface area (Å²) in [5.74, 6) is 5.16. The minimum Gasteiger partial charge on any atom is -0.256 e. The van der Waals surface area contributed by atoms with E-state index in [1.54, 1.807) is 11.1 Å². The third-order valence-electron chi connectivity index (χ3n) is 15.8. The van der Waals surface area contributed by atoms with Crippen LogP contribution in [0.3, 0.4) is 0 Å². The Morgan fingerprint density at radius 1 is 0.413 bits per heavy atom. The molecule has 0 unspecified atom stereocenters. The first kappa shape index (κ1) is 36.8. The van der Waals surface area contributed by atoms with Crippen LogP contribution < -0.4 is 0 Å². The summed E-state index contributed by atoms with van der Waals surface area (Å²) in [6.07, 6.45) is 8.79. The molecular formula is C59H48N4. The summed E-state index contributed by atoms with van der Waals surface area (Å²) in [7, 11) is 0. The molecule has 4 nitrogen and oxygen atoms in total. The molecule has 0 aliphatic heterocycles. The molecular weight excluding hydrogens is 765 g/mol. The Labute approximate surface area is 369 Å². The molecule has 0 N–H and O–H groups in total. The number of rotatable bonds is 5. The molecule has 63 heavy (non-hydrogen) atoms. The van der Waals surface area contributed by atoms with Crippen molar-refractivity contribution < 1.29 is 0 Å². The highest BCUT2D eigenvalue weighted by Gasteiger charge is 2.62. The molecule has 4 fully saturated rings. The number of benzene rings is 7. The smallest absolute Gasteiger partial charge is 0.164 e. The fraction of sp³-hybridized carbons (Fsp3) is 0.220. The molecule has 1 spiro atoms. The predicted octanol–water partition coefficient (Wildman–Crippen LogP) is 14.3. The van der Waals surface area contributed by atoms with E-state index in [0.29, 0.717) is 29.3 Å². The SMILES string of the molecule is CC1(C)c2ccccc2C2(c3cc(-c4ccc(-c5nc(-c6ccccc6)nc(-c6ccc(-c7cccc8cccnc78)cc6)n5)c5ccccc45)ccc31)C1CC3CC(C1)CC2C3. The number of pyridine rings is 1. The number of fused-ring (bicyclic) bond motifs is 4. The van der Waals surface area contributed by atoms with Gasteiger partial charge in [-0.05, 0) is 124 Å². The zero-order valence-electron chi connectivity index (χ0n) is 35.8. The van der Waals surface area contributed by atoms with E-state index in [-0.39, 0.29) is 10.8 Å². The summed E-state index contributed by atoms with van der Waals surface area (Å²) in [5, 5.41) is 3.47. The monoisotopic (exact) mass is 812 g/mol. The second-order valence-electron chi connectivity index (χ2n) is 19.4. The molecule has 14 rings (SSSR count). The van der Waals surface area contributed by atoms with Gasteiger partial charge in [0.25, 0.3) is 0 Å². The molecule has 0 radical (unpaired) electrons. The molecule has 9 aromatic rings. The molecule has 2 aromatic heterocycles.